The number of amides is 2. The Balaban J connectivity index is 1.41. The molecule has 0 spiro atoms. The molecule has 230 valence electrons. The van der Waals surface area contributed by atoms with Gasteiger partial charge in [0.2, 0.25) is 5.91 Å². The summed E-state index contributed by atoms with van der Waals surface area (Å²) in [5.41, 5.74) is 4.63. The molecule has 2 amide bonds. The van der Waals surface area contributed by atoms with Gasteiger partial charge in [0.15, 0.2) is 16.7 Å². The number of carbonyl (C=O) groups excluding carboxylic acids is 2. The lowest BCUT2D eigenvalue weighted by Crippen LogP contribution is -2.33. The number of hydrogen-bond donors (Lipinski definition) is 2. The maximum absolute atomic E-state index is 13.2. The van der Waals surface area contributed by atoms with Crippen LogP contribution in [0.5, 0.6) is 11.5 Å². The summed E-state index contributed by atoms with van der Waals surface area (Å²) >= 11 is 1.40. The normalized spacial score (nSPS) is 12.0. The second-order valence-corrected chi connectivity index (χ2v) is 11.4. The number of rotatable bonds is 14. The van der Waals surface area contributed by atoms with Gasteiger partial charge in [-0.25, -0.2) is 9.97 Å². The standard InChI is InChI=1S/C33H37N5O5S/c1-5-29(32(40)34-16-8-18-41-2)44-33-37-25-20-22(12-13-23(25)30-36-24-9-6-7-10-26(24)38(30)33)31(39)35-17-15-21-11-14-27(42-3)28(19-21)43-4/h6-7,9-14,19-20,29H,5,8,15-18H2,1-4H3,(H,34,40)(H,35,39)/t29-/m0/s1. The summed E-state index contributed by atoms with van der Waals surface area (Å²) in [4.78, 5) is 36.2. The number of aromatic nitrogens is 3. The quantitative estimate of drug-likeness (QED) is 0.101. The maximum atomic E-state index is 13.2. The Labute approximate surface area is 260 Å². The van der Waals surface area contributed by atoms with E-state index in [9.17, 15) is 9.59 Å². The maximum Gasteiger partial charge on any atom is 0.251 e. The van der Waals surface area contributed by atoms with Crippen LogP contribution in [0.15, 0.2) is 65.8 Å². The van der Waals surface area contributed by atoms with Crippen molar-refractivity contribution in [3.05, 3.63) is 71.8 Å². The minimum Gasteiger partial charge on any atom is -0.493 e. The Hall–Kier alpha value is -4.35. The number of nitrogens with one attached hydrogen (secondary N) is 2. The van der Waals surface area contributed by atoms with Crippen LogP contribution in [-0.4, -0.2) is 72.5 Å². The fourth-order valence-electron chi connectivity index (χ4n) is 5.04. The zero-order valence-electron chi connectivity index (χ0n) is 25.4. The molecule has 2 N–H and O–H groups in total. The molecule has 0 bridgehead atoms. The van der Waals surface area contributed by atoms with Gasteiger partial charge in [-0.3, -0.25) is 14.0 Å². The number of para-hydroxylation sites is 2. The van der Waals surface area contributed by atoms with E-state index in [0.717, 1.165) is 34.1 Å². The van der Waals surface area contributed by atoms with Crippen LogP contribution in [-0.2, 0) is 16.0 Å². The van der Waals surface area contributed by atoms with E-state index in [-0.39, 0.29) is 17.1 Å². The number of carbonyl (C=O) groups is 2. The largest absolute Gasteiger partial charge is 0.493 e. The van der Waals surface area contributed by atoms with Crippen molar-refractivity contribution in [2.24, 2.45) is 0 Å². The number of ether oxygens (including phenoxy) is 3. The molecule has 2 aromatic heterocycles. The third-order valence-electron chi connectivity index (χ3n) is 7.35. The van der Waals surface area contributed by atoms with Crippen molar-refractivity contribution in [2.45, 2.75) is 36.6 Å². The van der Waals surface area contributed by atoms with E-state index in [2.05, 4.69) is 10.6 Å². The summed E-state index contributed by atoms with van der Waals surface area (Å²) in [6.07, 6.45) is 2.00. The van der Waals surface area contributed by atoms with Crippen LogP contribution in [0.25, 0.3) is 27.6 Å². The second-order valence-electron chi connectivity index (χ2n) is 10.2. The Bertz CT molecular complexity index is 1790. The van der Waals surface area contributed by atoms with Gasteiger partial charge in [-0.15, -0.1) is 0 Å². The third kappa shape index (κ3) is 6.74. The summed E-state index contributed by atoms with van der Waals surface area (Å²) in [5, 5.41) is 7.14. The number of thioether (sulfide) groups is 1. The third-order valence-corrected chi connectivity index (χ3v) is 8.67. The predicted octanol–water partition coefficient (Wildman–Crippen LogP) is 5.05. The van der Waals surface area contributed by atoms with Crippen molar-refractivity contribution in [1.29, 1.82) is 0 Å². The molecule has 0 saturated heterocycles. The Morgan fingerprint density at radius 3 is 2.50 bits per heavy atom. The molecule has 0 aliphatic heterocycles. The van der Waals surface area contributed by atoms with E-state index in [4.69, 9.17) is 24.2 Å². The molecule has 5 rings (SSSR count). The van der Waals surface area contributed by atoms with Crippen LogP contribution in [0.1, 0.15) is 35.7 Å². The number of fused-ring (bicyclic) bond motifs is 5. The topological polar surface area (TPSA) is 116 Å². The molecule has 11 heteroatoms. The molecule has 10 nitrogen and oxygen atoms in total. The summed E-state index contributed by atoms with van der Waals surface area (Å²) in [7, 11) is 4.85. The van der Waals surface area contributed by atoms with E-state index < -0.39 is 0 Å². The summed E-state index contributed by atoms with van der Waals surface area (Å²) in [6, 6.07) is 19.1. The van der Waals surface area contributed by atoms with Gasteiger partial charge in [0.25, 0.3) is 5.91 Å². The van der Waals surface area contributed by atoms with Crippen LogP contribution in [0, 0.1) is 0 Å². The first-order chi connectivity index (χ1) is 21.5. The van der Waals surface area contributed by atoms with Gasteiger partial charge in [0, 0.05) is 37.8 Å². The zero-order valence-corrected chi connectivity index (χ0v) is 26.2. The fraction of sp³-hybridized carbons (Fsp3) is 0.333. The van der Waals surface area contributed by atoms with Gasteiger partial charge in [-0.1, -0.05) is 36.9 Å². The van der Waals surface area contributed by atoms with E-state index >= 15 is 0 Å². The number of hydrogen-bond acceptors (Lipinski definition) is 8. The lowest BCUT2D eigenvalue weighted by atomic mass is 10.1. The average molecular weight is 616 g/mol. The zero-order chi connectivity index (χ0) is 31.1. The Kier molecular flexibility index (Phi) is 10.2. The van der Waals surface area contributed by atoms with Crippen molar-refractivity contribution in [3.8, 4) is 11.5 Å². The summed E-state index contributed by atoms with van der Waals surface area (Å²) < 4.78 is 17.8. The monoisotopic (exact) mass is 615 g/mol. The molecule has 5 aromatic rings. The van der Waals surface area contributed by atoms with E-state index in [1.807, 2.05) is 59.9 Å². The first-order valence-corrected chi connectivity index (χ1v) is 15.5. The molecule has 0 unspecified atom stereocenters. The van der Waals surface area contributed by atoms with E-state index in [1.165, 1.54) is 11.8 Å². The highest BCUT2D eigenvalue weighted by molar-refractivity contribution is 8.00. The van der Waals surface area contributed by atoms with Gasteiger partial charge in [0.05, 0.1) is 36.0 Å². The van der Waals surface area contributed by atoms with Gasteiger partial charge in [0.1, 0.15) is 5.65 Å². The number of methoxy groups -OCH3 is 3. The molecule has 0 saturated carbocycles. The molecule has 2 heterocycles. The molecule has 0 radical (unpaired) electrons. The van der Waals surface area contributed by atoms with Crippen LogP contribution < -0.4 is 20.1 Å². The summed E-state index contributed by atoms with van der Waals surface area (Å²) in [5.74, 6) is 1.07. The lowest BCUT2D eigenvalue weighted by molar-refractivity contribution is -0.120. The molecule has 0 fully saturated rings. The highest BCUT2D eigenvalue weighted by atomic mass is 32.2. The van der Waals surface area contributed by atoms with Gasteiger partial charge in [-0.05, 0) is 67.3 Å². The molecule has 3 aromatic carbocycles. The van der Waals surface area contributed by atoms with E-state index in [1.54, 1.807) is 33.5 Å². The van der Waals surface area contributed by atoms with Gasteiger partial charge < -0.3 is 24.8 Å². The second kappa shape index (κ2) is 14.4. The number of imidazole rings is 1. The molecule has 0 aliphatic carbocycles. The Morgan fingerprint density at radius 2 is 1.73 bits per heavy atom. The molecule has 0 aliphatic rings. The smallest absolute Gasteiger partial charge is 0.251 e. The highest BCUT2D eigenvalue weighted by Crippen LogP contribution is 2.32. The molecular weight excluding hydrogens is 578 g/mol. The number of nitrogens with zero attached hydrogens (tertiary/aromatic N) is 3. The van der Waals surface area contributed by atoms with Crippen molar-refractivity contribution in [3.63, 3.8) is 0 Å². The molecule has 44 heavy (non-hydrogen) atoms. The average Bonchev–Trinajstić information content (AvgIpc) is 3.45. The van der Waals surface area contributed by atoms with Crippen LogP contribution in [0.4, 0.5) is 0 Å². The predicted molar refractivity (Wildman–Crippen MR) is 173 cm³/mol. The first kappa shape index (κ1) is 31.1. The van der Waals surface area contributed by atoms with Crippen LogP contribution >= 0.6 is 11.8 Å². The first-order valence-electron chi connectivity index (χ1n) is 14.6. The fourth-order valence-corrected chi connectivity index (χ4v) is 6.09. The van der Waals surface area contributed by atoms with E-state index in [0.29, 0.717) is 60.3 Å². The van der Waals surface area contributed by atoms with Crippen LogP contribution in [0.3, 0.4) is 0 Å². The summed E-state index contributed by atoms with van der Waals surface area (Å²) in [6.45, 7) is 3.57. The van der Waals surface area contributed by atoms with Crippen molar-refractivity contribution < 1.29 is 23.8 Å². The van der Waals surface area contributed by atoms with Crippen molar-refractivity contribution in [1.82, 2.24) is 25.0 Å². The SMILES string of the molecule is CC[C@H](Sc1nc2cc(C(=O)NCCc3ccc(OC)c(OC)c3)ccc2c2nc3ccccc3n12)C(=O)NCCCOC. The molecule has 1 atom stereocenters. The van der Waals surface area contributed by atoms with Crippen molar-refractivity contribution >= 4 is 51.2 Å². The molecular formula is C33H37N5O5S. The Morgan fingerprint density at radius 1 is 0.909 bits per heavy atom. The van der Waals surface area contributed by atoms with Crippen molar-refractivity contribution in [2.75, 3.05) is 41.0 Å². The lowest BCUT2D eigenvalue weighted by Gasteiger charge is -2.16. The van der Waals surface area contributed by atoms with Gasteiger partial charge >= 0.3 is 0 Å². The van der Waals surface area contributed by atoms with Gasteiger partial charge in [-0.2, -0.15) is 0 Å². The van der Waals surface area contributed by atoms with Crippen LogP contribution in [0.2, 0.25) is 0 Å². The number of benzene rings is 3. The highest BCUT2D eigenvalue weighted by Gasteiger charge is 2.23. The minimum atomic E-state index is -0.352. The minimum absolute atomic E-state index is 0.0457.